The molecule has 3 aromatic carbocycles. The van der Waals surface area contributed by atoms with Gasteiger partial charge in [-0.25, -0.2) is 0 Å². The monoisotopic (exact) mass is 648 g/mol. The van der Waals surface area contributed by atoms with Crippen molar-refractivity contribution < 1.29 is 14.3 Å². The number of benzene rings is 3. The zero-order valence-corrected chi connectivity index (χ0v) is 23.7. The van der Waals surface area contributed by atoms with Crippen molar-refractivity contribution in [2.75, 3.05) is 6.61 Å². The highest BCUT2D eigenvalue weighted by Crippen LogP contribution is 2.19. The maximum Gasteiger partial charge on any atom is 0.261 e. The number of nitrogens with zero attached hydrogens (tertiary/aromatic N) is 1. The van der Waals surface area contributed by atoms with Gasteiger partial charge in [0.05, 0.1) is 0 Å². The summed E-state index contributed by atoms with van der Waals surface area (Å²) in [5.41, 5.74) is 1.92. The summed E-state index contributed by atoms with van der Waals surface area (Å²) in [5, 5.41) is 3.08. The van der Waals surface area contributed by atoms with Gasteiger partial charge >= 0.3 is 0 Å². The van der Waals surface area contributed by atoms with Gasteiger partial charge < -0.3 is 15.0 Å². The van der Waals surface area contributed by atoms with Crippen molar-refractivity contribution in [1.29, 1.82) is 0 Å². The van der Waals surface area contributed by atoms with Gasteiger partial charge in [0, 0.05) is 27.1 Å². The molecule has 0 heterocycles. The van der Waals surface area contributed by atoms with E-state index in [2.05, 4.69) is 43.8 Å². The molecule has 0 saturated heterocycles. The summed E-state index contributed by atoms with van der Waals surface area (Å²) in [6, 6.07) is 24.4. The maximum absolute atomic E-state index is 13.6. The summed E-state index contributed by atoms with van der Waals surface area (Å²) >= 11 is 5.73. The molecule has 0 unspecified atom stereocenters. The van der Waals surface area contributed by atoms with Crippen molar-refractivity contribution in [3.63, 3.8) is 0 Å². The SMILES string of the molecule is CC[C@@H](C)NC(=O)[C@@H](Cc1ccccc1)N(Cc1cccc(Br)c1)C(=O)COc1ccc(I)cc1. The molecule has 0 fully saturated rings. The largest absolute Gasteiger partial charge is 0.484 e. The van der Waals surface area contributed by atoms with Gasteiger partial charge in [0.25, 0.3) is 5.91 Å². The number of ether oxygens (including phenoxy) is 1. The van der Waals surface area contributed by atoms with E-state index in [9.17, 15) is 9.59 Å². The van der Waals surface area contributed by atoms with Crippen LogP contribution in [-0.2, 0) is 22.6 Å². The third-order valence-corrected chi connectivity index (χ3v) is 6.90. The zero-order chi connectivity index (χ0) is 25.2. The van der Waals surface area contributed by atoms with Crippen LogP contribution in [0.3, 0.4) is 0 Å². The highest BCUT2D eigenvalue weighted by atomic mass is 127. The molecule has 5 nitrogen and oxygen atoms in total. The Kier molecular flexibility index (Phi) is 10.6. The van der Waals surface area contributed by atoms with E-state index in [0.29, 0.717) is 18.7 Å². The Labute approximate surface area is 229 Å². The van der Waals surface area contributed by atoms with Crippen LogP contribution >= 0.6 is 38.5 Å². The van der Waals surface area contributed by atoms with Crippen molar-refractivity contribution in [1.82, 2.24) is 10.2 Å². The number of rotatable bonds is 11. The van der Waals surface area contributed by atoms with Gasteiger partial charge in [-0.15, -0.1) is 0 Å². The highest BCUT2D eigenvalue weighted by Gasteiger charge is 2.31. The second kappa shape index (κ2) is 13.6. The Morgan fingerprint density at radius 2 is 1.69 bits per heavy atom. The third-order valence-electron chi connectivity index (χ3n) is 5.69. The van der Waals surface area contributed by atoms with Crippen molar-refractivity contribution >= 4 is 50.3 Å². The van der Waals surface area contributed by atoms with E-state index < -0.39 is 6.04 Å². The molecule has 0 saturated carbocycles. The fourth-order valence-electron chi connectivity index (χ4n) is 3.59. The molecule has 3 aromatic rings. The molecular weight excluding hydrogens is 619 g/mol. The van der Waals surface area contributed by atoms with E-state index in [1.54, 1.807) is 4.90 Å². The number of carbonyl (C=O) groups is 2. The first-order chi connectivity index (χ1) is 16.9. The third kappa shape index (κ3) is 8.65. The van der Waals surface area contributed by atoms with Gasteiger partial charge in [-0.2, -0.15) is 0 Å². The van der Waals surface area contributed by atoms with E-state index in [1.165, 1.54) is 0 Å². The van der Waals surface area contributed by atoms with Crippen molar-refractivity contribution in [2.24, 2.45) is 0 Å². The lowest BCUT2D eigenvalue weighted by molar-refractivity contribution is -0.143. The number of hydrogen-bond acceptors (Lipinski definition) is 3. The first-order valence-electron chi connectivity index (χ1n) is 11.6. The lowest BCUT2D eigenvalue weighted by Gasteiger charge is -2.32. The predicted molar refractivity (Wildman–Crippen MR) is 151 cm³/mol. The normalized spacial score (nSPS) is 12.5. The fourth-order valence-corrected chi connectivity index (χ4v) is 4.39. The molecular formula is C28H30BrIN2O3. The Bertz CT molecular complexity index is 1110. The summed E-state index contributed by atoms with van der Waals surface area (Å²) in [5.74, 6) is 0.203. The summed E-state index contributed by atoms with van der Waals surface area (Å²) in [4.78, 5) is 28.7. The van der Waals surface area contributed by atoms with Crippen LogP contribution in [0.5, 0.6) is 5.75 Å². The molecule has 0 aliphatic rings. The van der Waals surface area contributed by atoms with Crippen LogP contribution in [0.1, 0.15) is 31.4 Å². The van der Waals surface area contributed by atoms with Gasteiger partial charge in [0.1, 0.15) is 11.8 Å². The molecule has 3 rings (SSSR count). The van der Waals surface area contributed by atoms with E-state index >= 15 is 0 Å². The van der Waals surface area contributed by atoms with Gasteiger partial charge in [0.15, 0.2) is 6.61 Å². The van der Waals surface area contributed by atoms with Crippen LogP contribution in [0.2, 0.25) is 0 Å². The smallest absolute Gasteiger partial charge is 0.261 e. The lowest BCUT2D eigenvalue weighted by atomic mass is 10.0. The minimum absolute atomic E-state index is 0.00615. The van der Waals surface area contributed by atoms with Crippen LogP contribution in [0.15, 0.2) is 83.3 Å². The van der Waals surface area contributed by atoms with E-state index in [-0.39, 0.29) is 24.5 Å². The topological polar surface area (TPSA) is 58.6 Å². The minimum atomic E-state index is -0.682. The minimum Gasteiger partial charge on any atom is -0.484 e. The molecule has 0 aliphatic carbocycles. The molecule has 2 atom stereocenters. The van der Waals surface area contributed by atoms with Crippen LogP contribution in [0.25, 0.3) is 0 Å². The summed E-state index contributed by atoms with van der Waals surface area (Å²) in [7, 11) is 0. The second-order valence-electron chi connectivity index (χ2n) is 8.42. The average molecular weight is 649 g/mol. The molecule has 7 heteroatoms. The fraction of sp³-hybridized carbons (Fsp3) is 0.286. The van der Waals surface area contributed by atoms with Crippen molar-refractivity contribution in [2.45, 2.75) is 45.3 Å². The van der Waals surface area contributed by atoms with E-state index in [0.717, 1.165) is 25.6 Å². The first kappa shape index (κ1) is 27.2. The quantitative estimate of drug-likeness (QED) is 0.260. The highest BCUT2D eigenvalue weighted by molar-refractivity contribution is 14.1. The van der Waals surface area contributed by atoms with Crippen molar-refractivity contribution in [3.05, 3.63) is 98.0 Å². The molecule has 2 amide bonds. The van der Waals surface area contributed by atoms with E-state index in [1.807, 2.05) is 92.7 Å². The first-order valence-corrected chi connectivity index (χ1v) is 13.5. The van der Waals surface area contributed by atoms with Gasteiger partial charge in [-0.1, -0.05) is 65.3 Å². The summed E-state index contributed by atoms with van der Waals surface area (Å²) in [6.07, 6.45) is 1.21. The number of hydrogen-bond donors (Lipinski definition) is 1. The zero-order valence-electron chi connectivity index (χ0n) is 19.9. The summed E-state index contributed by atoms with van der Waals surface area (Å²) < 4.78 is 7.82. The Hall–Kier alpha value is -2.39. The van der Waals surface area contributed by atoms with Crippen LogP contribution in [0, 0.1) is 3.57 Å². The van der Waals surface area contributed by atoms with Gasteiger partial charge in [-0.05, 0) is 83.5 Å². The average Bonchev–Trinajstić information content (AvgIpc) is 2.86. The molecule has 35 heavy (non-hydrogen) atoms. The molecule has 1 N–H and O–H groups in total. The molecule has 184 valence electrons. The lowest BCUT2D eigenvalue weighted by Crippen LogP contribution is -2.53. The number of halogens is 2. The standard InChI is InChI=1S/C28H30BrIN2O3/c1-3-20(2)31-28(34)26(17-21-8-5-4-6-9-21)32(18-22-10-7-11-23(29)16-22)27(33)19-35-25-14-12-24(30)13-15-25/h4-16,20,26H,3,17-19H2,1-2H3,(H,31,34)/t20-,26-/m1/s1. The molecule has 0 aliphatic heterocycles. The molecule has 0 radical (unpaired) electrons. The number of amides is 2. The number of nitrogens with one attached hydrogen (secondary N) is 1. The van der Waals surface area contributed by atoms with E-state index in [4.69, 9.17) is 4.74 Å². The number of carbonyl (C=O) groups excluding carboxylic acids is 2. The van der Waals surface area contributed by atoms with Crippen LogP contribution in [0.4, 0.5) is 0 Å². The molecule has 0 aromatic heterocycles. The Morgan fingerprint density at radius 1 is 1.00 bits per heavy atom. The summed E-state index contributed by atoms with van der Waals surface area (Å²) in [6.45, 7) is 4.13. The molecule has 0 bridgehead atoms. The van der Waals surface area contributed by atoms with Gasteiger partial charge in [0.2, 0.25) is 5.91 Å². The predicted octanol–water partition coefficient (Wildman–Crippen LogP) is 5.99. The molecule has 0 spiro atoms. The van der Waals surface area contributed by atoms with Crippen LogP contribution in [-0.4, -0.2) is 35.4 Å². The van der Waals surface area contributed by atoms with Crippen molar-refractivity contribution in [3.8, 4) is 5.75 Å². The van der Waals surface area contributed by atoms with Crippen LogP contribution < -0.4 is 10.1 Å². The Balaban J connectivity index is 1.90. The van der Waals surface area contributed by atoms with Gasteiger partial charge in [-0.3, -0.25) is 9.59 Å². The maximum atomic E-state index is 13.6. The second-order valence-corrected chi connectivity index (χ2v) is 10.6. The Morgan fingerprint density at radius 3 is 2.34 bits per heavy atom.